The van der Waals surface area contributed by atoms with Gasteiger partial charge < -0.3 is 28.5 Å². The summed E-state index contributed by atoms with van der Waals surface area (Å²) in [6.45, 7) is 0. The fourth-order valence-electron chi connectivity index (χ4n) is 3.42. The summed E-state index contributed by atoms with van der Waals surface area (Å²) in [5.74, 6) is 0.669. The molecule has 32 heavy (non-hydrogen) atoms. The number of nitrogens with zero attached hydrogens (tertiary/aromatic N) is 1. The first-order valence-corrected chi connectivity index (χ1v) is 11.4. The van der Waals surface area contributed by atoms with Crippen molar-refractivity contribution >= 4 is 36.5 Å². The van der Waals surface area contributed by atoms with Crippen LogP contribution < -0.4 is 78.5 Å². The van der Waals surface area contributed by atoms with Gasteiger partial charge >= 0.3 is 59.1 Å². The van der Waals surface area contributed by atoms with Crippen LogP contribution in [0.3, 0.4) is 0 Å². The van der Waals surface area contributed by atoms with Crippen LogP contribution in [0.25, 0.3) is 5.57 Å². The molecule has 1 heterocycles. The van der Waals surface area contributed by atoms with Crippen molar-refractivity contribution in [2.45, 2.75) is 4.90 Å². The van der Waals surface area contributed by atoms with E-state index in [1.165, 1.54) is 0 Å². The van der Waals surface area contributed by atoms with Crippen molar-refractivity contribution in [3.8, 4) is 5.75 Å². The summed E-state index contributed by atoms with van der Waals surface area (Å²) in [6.07, 6.45) is 0. The first-order chi connectivity index (χ1) is 14.4. The van der Waals surface area contributed by atoms with Gasteiger partial charge in [0.2, 0.25) is 0 Å². The number of thioether (sulfide) groups is 1. The summed E-state index contributed by atoms with van der Waals surface area (Å²) in [4.78, 5) is 26.0. The molecule has 0 aliphatic carbocycles. The Morgan fingerprint density at radius 3 is 1.84 bits per heavy atom. The summed E-state index contributed by atoms with van der Waals surface area (Å²) in [6, 6.07) is 22.3. The van der Waals surface area contributed by atoms with Gasteiger partial charge in [-0.05, 0) is 36.4 Å². The summed E-state index contributed by atoms with van der Waals surface area (Å²) in [7, 11) is -1.79. The fraction of sp³-hybridized carbons (Fsp3) is 0.0909. The molecule has 10 heteroatoms. The molecule has 3 aromatic carbocycles. The predicted octanol–water partition coefficient (Wildman–Crippen LogP) is -1.86. The smallest absolute Gasteiger partial charge is 0.780 e. The molecular formula is C22H18NNa2O5PS. The van der Waals surface area contributed by atoms with Crippen molar-refractivity contribution in [1.82, 2.24) is 0 Å². The van der Waals surface area contributed by atoms with Crippen LogP contribution in [0.4, 0.5) is 11.4 Å². The van der Waals surface area contributed by atoms with Gasteiger partial charge in [0.05, 0.1) is 7.11 Å². The number of ether oxygens (including phenoxy) is 1. The van der Waals surface area contributed by atoms with Gasteiger partial charge in [0, 0.05) is 40.0 Å². The third kappa shape index (κ3) is 6.05. The molecule has 0 fully saturated rings. The van der Waals surface area contributed by atoms with E-state index in [0.717, 1.165) is 34.3 Å². The van der Waals surface area contributed by atoms with E-state index >= 15 is 0 Å². The predicted molar refractivity (Wildman–Crippen MR) is 115 cm³/mol. The van der Waals surface area contributed by atoms with Crippen LogP contribution in [0.2, 0.25) is 0 Å². The van der Waals surface area contributed by atoms with Crippen molar-refractivity contribution in [2.75, 3.05) is 19.1 Å². The van der Waals surface area contributed by atoms with Crippen LogP contribution in [0.15, 0.2) is 82.8 Å². The molecule has 1 aliphatic heterocycles. The molecule has 0 radical (unpaired) electrons. The summed E-state index contributed by atoms with van der Waals surface area (Å²) < 4.78 is 21.8. The fourth-order valence-corrected chi connectivity index (χ4v) is 4.94. The van der Waals surface area contributed by atoms with E-state index in [2.05, 4.69) is 0 Å². The normalized spacial score (nSPS) is 12.0. The van der Waals surface area contributed by atoms with E-state index in [1.807, 2.05) is 60.5 Å². The number of hydrogen-bond donors (Lipinski definition) is 0. The first kappa shape index (κ1) is 27.5. The van der Waals surface area contributed by atoms with Crippen LogP contribution in [-0.4, -0.2) is 14.2 Å². The van der Waals surface area contributed by atoms with E-state index in [4.69, 9.17) is 9.26 Å². The molecule has 0 N–H and O–H groups in total. The van der Waals surface area contributed by atoms with Gasteiger partial charge in [-0.3, -0.25) is 0 Å². The molecule has 6 nitrogen and oxygen atoms in total. The zero-order valence-electron chi connectivity index (χ0n) is 18.3. The Morgan fingerprint density at radius 2 is 1.38 bits per heavy atom. The molecule has 0 saturated heterocycles. The molecule has 0 aromatic heterocycles. The average molecular weight is 485 g/mol. The first-order valence-electron chi connectivity index (χ1n) is 9.08. The summed E-state index contributed by atoms with van der Waals surface area (Å²) in [5.41, 5.74) is 3.89. The Hall–Kier alpha value is -0.700. The molecule has 4 rings (SSSR count). The Balaban J connectivity index is 0.00000181. The number of benzene rings is 3. The van der Waals surface area contributed by atoms with Crippen LogP contribution in [0.1, 0.15) is 11.1 Å². The second-order valence-corrected chi connectivity index (χ2v) is 8.70. The average Bonchev–Trinajstić information content (AvgIpc) is 2.73. The minimum absolute atomic E-state index is 0. The molecule has 0 atom stereocenters. The van der Waals surface area contributed by atoms with Gasteiger partial charge in [-0.15, -0.1) is 0 Å². The maximum absolute atomic E-state index is 11.6. The van der Waals surface area contributed by atoms with E-state index in [0.29, 0.717) is 16.2 Å². The van der Waals surface area contributed by atoms with Crippen LogP contribution in [-0.2, 0) is 9.09 Å². The monoisotopic (exact) mass is 485 g/mol. The van der Waals surface area contributed by atoms with Crippen molar-refractivity contribution in [3.63, 3.8) is 0 Å². The molecule has 154 valence electrons. The van der Waals surface area contributed by atoms with E-state index in [9.17, 15) is 14.4 Å². The third-order valence-electron chi connectivity index (χ3n) is 4.74. The number of hydrogen-bond acceptors (Lipinski definition) is 7. The van der Waals surface area contributed by atoms with Crippen LogP contribution >= 0.6 is 19.6 Å². The second kappa shape index (κ2) is 11.6. The number of phosphoric ester groups is 1. The molecule has 0 unspecified atom stereocenters. The largest absolute Gasteiger partial charge is 1.00 e. The molecule has 0 bridgehead atoms. The minimum atomic E-state index is -5.30. The van der Waals surface area contributed by atoms with Gasteiger partial charge in [0.15, 0.2) is 5.09 Å². The van der Waals surface area contributed by atoms with Gasteiger partial charge in [0.1, 0.15) is 13.6 Å². The molecular weight excluding hydrogens is 467 g/mol. The molecule has 0 spiro atoms. The number of methoxy groups -OCH3 is 1. The number of anilines is 2. The van der Waals surface area contributed by atoms with Gasteiger partial charge in [0.25, 0.3) is 0 Å². The number of phosphoric acid groups is 1. The van der Waals surface area contributed by atoms with Gasteiger partial charge in [-0.1, -0.05) is 48.2 Å². The third-order valence-corrected chi connectivity index (χ3v) is 6.25. The van der Waals surface area contributed by atoms with Gasteiger partial charge in [-0.2, -0.15) is 0 Å². The molecule has 3 aromatic rings. The molecule has 0 saturated carbocycles. The summed E-state index contributed by atoms with van der Waals surface area (Å²) >= 11 is 1.08. The quantitative estimate of drug-likeness (QED) is 0.181. The molecule has 1 aliphatic rings. The SMILES string of the molecule is COc1ccc(SC(OP(=O)([O-])[O-])=C2c3ccccc3N(C)c3ccccc32)cc1.[Na+].[Na+]. The van der Waals surface area contributed by atoms with Crippen molar-refractivity contribution in [3.05, 3.63) is 89.0 Å². The Labute approximate surface area is 235 Å². The topological polar surface area (TPSA) is 84.9 Å². The standard InChI is InChI=1S/C22H20NO5PS.2Na/c1-23-19-9-5-3-7-17(19)21(18-8-4-6-10-20(18)23)22(28-29(24,25)26)30-16-13-11-15(27-2)12-14-16;;/h3-14H,1-2H3,(H2,24,25,26);;/q;2*+1/p-2. The Kier molecular flexibility index (Phi) is 10.0. The Bertz CT molecular complexity index is 1120. The van der Waals surface area contributed by atoms with Crippen molar-refractivity contribution < 1.29 is 82.7 Å². The Morgan fingerprint density at radius 1 is 0.875 bits per heavy atom. The van der Waals surface area contributed by atoms with Crippen LogP contribution in [0, 0.1) is 0 Å². The zero-order chi connectivity index (χ0) is 21.3. The second-order valence-electron chi connectivity index (χ2n) is 6.57. The van der Waals surface area contributed by atoms with Crippen molar-refractivity contribution in [2.24, 2.45) is 0 Å². The van der Waals surface area contributed by atoms with E-state index in [-0.39, 0.29) is 64.2 Å². The van der Waals surface area contributed by atoms with Crippen molar-refractivity contribution in [1.29, 1.82) is 0 Å². The maximum Gasteiger partial charge on any atom is 1.00 e. The van der Waals surface area contributed by atoms with E-state index in [1.54, 1.807) is 31.4 Å². The zero-order valence-corrected chi connectivity index (χ0v) is 24.0. The summed E-state index contributed by atoms with van der Waals surface area (Å²) in [5, 5.41) is 0.0153. The maximum atomic E-state index is 11.6. The van der Waals surface area contributed by atoms with Crippen LogP contribution in [0.5, 0.6) is 5.75 Å². The minimum Gasteiger partial charge on any atom is -0.780 e. The number of rotatable bonds is 5. The number of fused-ring (bicyclic) bond motifs is 2. The molecule has 0 amide bonds. The number of para-hydroxylation sites is 2. The van der Waals surface area contributed by atoms with Gasteiger partial charge in [-0.25, -0.2) is 0 Å². The van der Waals surface area contributed by atoms with E-state index < -0.39 is 7.82 Å².